The van der Waals surface area contributed by atoms with Crippen molar-refractivity contribution in [1.29, 1.82) is 0 Å². The van der Waals surface area contributed by atoms with Crippen LogP contribution in [0, 0.1) is 13.8 Å². The van der Waals surface area contributed by atoms with Gasteiger partial charge in [-0.2, -0.15) is 15.5 Å². The Morgan fingerprint density at radius 3 is 2.38 bits per heavy atom. The first-order valence-corrected chi connectivity index (χ1v) is 7.84. The number of aryl methyl sites for hydroxylation is 2. The van der Waals surface area contributed by atoms with Crippen LogP contribution in [0.5, 0.6) is 11.5 Å². The number of nitrogens with zero attached hydrogens (tertiary/aromatic N) is 2. The summed E-state index contributed by atoms with van der Waals surface area (Å²) in [5, 5.41) is 3.02. The average molecular weight is 362 g/mol. The Bertz CT molecular complexity index is 759. The Labute approximate surface area is 151 Å². The monoisotopic (exact) mass is 362 g/mol. The second-order valence-electron chi connectivity index (χ2n) is 5.29. The predicted molar refractivity (Wildman–Crippen MR) is 94.4 cm³/mol. The van der Waals surface area contributed by atoms with E-state index in [9.17, 15) is 4.79 Å². The van der Waals surface area contributed by atoms with Gasteiger partial charge in [0.1, 0.15) is 17.3 Å². The topological polar surface area (TPSA) is 107 Å². The van der Waals surface area contributed by atoms with Crippen LogP contribution in [-0.4, -0.2) is 31.1 Å². The number of rotatable bonds is 5. The highest BCUT2D eigenvalue weighted by molar-refractivity contribution is 5.82. The van der Waals surface area contributed by atoms with Crippen LogP contribution in [0.25, 0.3) is 0 Å². The predicted octanol–water partition coefficient (Wildman–Crippen LogP) is 2.15. The third-order valence-electron chi connectivity index (χ3n) is 3.48. The van der Waals surface area contributed by atoms with E-state index in [1.807, 2.05) is 25.1 Å². The van der Waals surface area contributed by atoms with Crippen molar-refractivity contribution >= 4 is 17.9 Å². The summed E-state index contributed by atoms with van der Waals surface area (Å²) in [5.74, 6) is 1.57. The zero-order chi connectivity index (χ0) is 19.1. The Hall–Kier alpha value is -3.23. The van der Waals surface area contributed by atoms with Gasteiger partial charge in [0.2, 0.25) is 5.96 Å². The number of oxazole rings is 1. The lowest BCUT2D eigenvalue weighted by molar-refractivity contribution is -0.145. The van der Waals surface area contributed by atoms with E-state index in [0.717, 1.165) is 11.3 Å². The number of carbonyl (C=O) groups excluding carboxylic acids is 1. The molecule has 0 saturated heterocycles. The van der Waals surface area contributed by atoms with Crippen molar-refractivity contribution in [3.05, 3.63) is 35.2 Å². The molecular formula is C17H22N4O5. The molecule has 0 atom stereocenters. The molecule has 0 unspecified atom stereocenters. The van der Waals surface area contributed by atoms with Gasteiger partial charge >= 0.3 is 12.0 Å². The number of nitrogens with one attached hydrogen (secondary N) is 2. The highest BCUT2D eigenvalue weighted by Crippen LogP contribution is 2.27. The van der Waals surface area contributed by atoms with Crippen molar-refractivity contribution in [2.24, 2.45) is 4.99 Å². The van der Waals surface area contributed by atoms with E-state index >= 15 is 0 Å². The van der Waals surface area contributed by atoms with E-state index in [1.54, 1.807) is 21.1 Å². The summed E-state index contributed by atoms with van der Waals surface area (Å²) in [6, 6.07) is 5.59. The minimum atomic E-state index is -0.519. The third kappa shape index (κ3) is 4.88. The first-order valence-electron chi connectivity index (χ1n) is 7.84. The molecule has 0 aliphatic heterocycles. The zero-order valence-electron chi connectivity index (χ0n) is 15.4. The maximum absolute atomic E-state index is 11.1. The molecule has 1 aromatic carbocycles. The number of hydrogen-bond acceptors (Lipinski definition) is 7. The molecule has 0 radical (unpaired) electrons. The van der Waals surface area contributed by atoms with Crippen molar-refractivity contribution in [2.75, 3.05) is 14.2 Å². The summed E-state index contributed by atoms with van der Waals surface area (Å²) < 4.78 is 16.1. The Balaban J connectivity index is 2.23. The van der Waals surface area contributed by atoms with E-state index < -0.39 is 5.97 Å². The van der Waals surface area contributed by atoms with Gasteiger partial charge in [-0.25, -0.2) is 0 Å². The van der Waals surface area contributed by atoms with Gasteiger partial charge in [-0.3, -0.25) is 4.79 Å². The minimum absolute atomic E-state index is 0.133. The Kier molecular flexibility index (Phi) is 6.42. The van der Waals surface area contributed by atoms with Crippen LogP contribution in [0.4, 0.5) is 6.01 Å². The molecule has 9 heteroatoms. The van der Waals surface area contributed by atoms with Gasteiger partial charge in [-0.1, -0.05) is 6.07 Å². The van der Waals surface area contributed by atoms with Gasteiger partial charge in [0.05, 0.1) is 32.0 Å². The second kappa shape index (κ2) is 8.75. The number of aromatic nitrogens is 1. The van der Waals surface area contributed by atoms with Crippen LogP contribution in [0.2, 0.25) is 0 Å². The first-order chi connectivity index (χ1) is 12.4. The molecule has 26 heavy (non-hydrogen) atoms. The van der Waals surface area contributed by atoms with Crippen molar-refractivity contribution in [1.82, 2.24) is 15.8 Å². The summed E-state index contributed by atoms with van der Waals surface area (Å²) in [6.07, 6.45) is 0. The molecular weight excluding hydrogens is 340 g/mol. The highest BCUT2D eigenvalue weighted by Gasteiger charge is 2.12. The van der Waals surface area contributed by atoms with Gasteiger partial charge in [-0.05, 0) is 26.0 Å². The van der Waals surface area contributed by atoms with E-state index in [4.69, 9.17) is 18.7 Å². The summed E-state index contributed by atoms with van der Waals surface area (Å²) in [6.45, 7) is 5.16. The number of guanidine groups is 1. The van der Waals surface area contributed by atoms with Gasteiger partial charge in [0, 0.05) is 6.92 Å². The number of carbonyl (C=O) groups is 1. The van der Waals surface area contributed by atoms with E-state index in [-0.39, 0.29) is 12.0 Å². The van der Waals surface area contributed by atoms with Crippen LogP contribution < -0.4 is 20.3 Å². The fourth-order valence-electron chi connectivity index (χ4n) is 2.09. The summed E-state index contributed by atoms with van der Waals surface area (Å²) in [7, 11) is 3.14. The quantitative estimate of drug-likeness (QED) is 0.473. The van der Waals surface area contributed by atoms with E-state index in [0.29, 0.717) is 23.8 Å². The first kappa shape index (κ1) is 19.1. The molecule has 0 saturated carbocycles. The lowest BCUT2D eigenvalue weighted by Crippen LogP contribution is -2.37. The Morgan fingerprint density at radius 2 is 1.88 bits per heavy atom. The number of benzene rings is 1. The molecule has 0 aliphatic rings. The maximum atomic E-state index is 11.1. The van der Waals surface area contributed by atoms with Gasteiger partial charge in [0.15, 0.2) is 0 Å². The zero-order valence-corrected chi connectivity index (χ0v) is 15.4. The summed E-state index contributed by atoms with van der Waals surface area (Å²) >= 11 is 0. The fourth-order valence-corrected chi connectivity index (χ4v) is 2.09. The molecule has 0 bridgehead atoms. The number of methoxy groups -OCH3 is 2. The smallest absolute Gasteiger partial charge is 0.329 e. The lowest BCUT2D eigenvalue weighted by Gasteiger charge is -2.15. The molecule has 2 rings (SSSR count). The van der Waals surface area contributed by atoms with Crippen molar-refractivity contribution in [3.8, 4) is 11.5 Å². The van der Waals surface area contributed by atoms with Crippen LogP contribution in [0.15, 0.2) is 27.6 Å². The van der Waals surface area contributed by atoms with E-state index in [1.165, 1.54) is 6.92 Å². The van der Waals surface area contributed by atoms with Crippen molar-refractivity contribution < 1.29 is 23.5 Å². The van der Waals surface area contributed by atoms with Crippen LogP contribution >= 0.6 is 0 Å². The molecule has 140 valence electrons. The fraction of sp³-hybridized carbons (Fsp3) is 0.353. The molecule has 0 amide bonds. The number of aliphatic imine (C=N–C) groups is 1. The Morgan fingerprint density at radius 1 is 1.23 bits per heavy atom. The van der Waals surface area contributed by atoms with Gasteiger partial charge in [-0.15, -0.1) is 0 Å². The van der Waals surface area contributed by atoms with Crippen molar-refractivity contribution in [2.45, 2.75) is 27.3 Å². The molecule has 1 heterocycles. The standard InChI is InChI=1S/C17H22N4O5/c1-10-11(2)25-17(19-10)20-16(21-26-12(3)22)18-9-13-14(23-4)7-6-8-15(13)24-5/h6-8H,9H2,1-5H3,(H2,18,19,20,21). The van der Waals surface area contributed by atoms with Crippen LogP contribution in [-0.2, 0) is 16.2 Å². The number of ether oxygens (including phenoxy) is 2. The largest absolute Gasteiger partial charge is 0.496 e. The summed E-state index contributed by atoms with van der Waals surface area (Å²) in [5.41, 5.74) is 3.95. The second-order valence-corrected chi connectivity index (χ2v) is 5.29. The molecule has 9 nitrogen and oxygen atoms in total. The molecule has 0 spiro atoms. The maximum Gasteiger partial charge on any atom is 0.329 e. The third-order valence-corrected chi connectivity index (χ3v) is 3.48. The number of hydrogen-bond donors (Lipinski definition) is 2. The molecule has 0 aliphatic carbocycles. The minimum Gasteiger partial charge on any atom is -0.496 e. The number of hydroxylamine groups is 1. The van der Waals surface area contributed by atoms with Crippen LogP contribution in [0.3, 0.4) is 0 Å². The average Bonchev–Trinajstić information content (AvgIpc) is 2.94. The molecule has 0 fully saturated rings. The lowest BCUT2D eigenvalue weighted by atomic mass is 10.1. The highest BCUT2D eigenvalue weighted by atomic mass is 16.7. The van der Waals surface area contributed by atoms with Crippen molar-refractivity contribution in [3.63, 3.8) is 0 Å². The van der Waals surface area contributed by atoms with Gasteiger partial charge < -0.3 is 24.0 Å². The van der Waals surface area contributed by atoms with E-state index in [2.05, 4.69) is 20.8 Å². The molecule has 2 N–H and O–H groups in total. The molecule has 1 aromatic heterocycles. The van der Waals surface area contributed by atoms with Gasteiger partial charge in [0.25, 0.3) is 0 Å². The molecule has 2 aromatic rings. The summed E-state index contributed by atoms with van der Waals surface area (Å²) in [4.78, 5) is 24.3. The normalized spacial score (nSPS) is 11.0. The van der Waals surface area contributed by atoms with Crippen LogP contribution in [0.1, 0.15) is 23.9 Å². The SMILES string of the molecule is COc1cccc(OC)c1CNC(=Nc1nc(C)c(C)o1)NOC(C)=O.